The molecule has 0 bridgehead atoms. The van der Waals surface area contributed by atoms with E-state index in [1.165, 1.54) is 27.1 Å². The maximum Gasteiger partial charge on any atom is 0.119 e. The summed E-state index contributed by atoms with van der Waals surface area (Å²) in [5.41, 5.74) is 2.53. The smallest absolute Gasteiger partial charge is 0.119 e. The molecule has 5 rings (SSSR count). The highest BCUT2D eigenvalue weighted by Gasteiger charge is 2.48. The second-order valence-electron chi connectivity index (χ2n) is 7.53. The molecule has 2 aliphatic carbocycles. The van der Waals surface area contributed by atoms with Crippen LogP contribution in [0.15, 0.2) is 90.3 Å². The number of aromatic hydroxyl groups is 1. The van der Waals surface area contributed by atoms with Crippen molar-refractivity contribution in [1.29, 1.82) is 0 Å². The number of hydrogen-bond acceptors (Lipinski definition) is 1. The lowest BCUT2D eigenvalue weighted by atomic mass is 9.80. The summed E-state index contributed by atoms with van der Waals surface area (Å²) in [5.74, 6) is 0.480. The van der Waals surface area contributed by atoms with E-state index < -0.39 is 7.92 Å². The SMILES string of the molecule is Oc1cccc2c1[C@]1(CCC=C1P(c1ccccc1)c1ccccc1)CC2. The highest BCUT2D eigenvalue weighted by Crippen LogP contribution is 2.63. The monoisotopic (exact) mass is 370 g/mol. The molecule has 2 aliphatic rings. The molecule has 2 heteroatoms. The second kappa shape index (κ2) is 6.66. The van der Waals surface area contributed by atoms with E-state index in [0.717, 1.165) is 25.7 Å². The van der Waals surface area contributed by atoms with Gasteiger partial charge in [0.05, 0.1) is 0 Å². The molecule has 3 aromatic carbocycles. The first-order valence-corrected chi connectivity index (χ1v) is 11.1. The van der Waals surface area contributed by atoms with Gasteiger partial charge < -0.3 is 5.11 Å². The normalized spacial score (nSPS) is 20.9. The summed E-state index contributed by atoms with van der Waals surface area (Å²) in [7, 11) is -0.598. The Hall–Kier alpha value is -2.37. The Morgan fingerprint density at radius 2 is 1.41 bits per heavy atom. The molecule has 3 aromatic rings. The van der Waals surface area contributed by atoms with Crippen LogP contribution < -0.4 is 10.6 Å². The standard InChI is InChI=1S/C25H23OP/c26-22-14-7-9-19-16-18-25(24(19)22)17-8-15-23(25)27(20-10-3-1-4-11-20)21-12-5-2-6-13-21/h1-7,9-15,26H,8,16-18H2/t25-/m1/s1. The molecule has 0 saturated carbocycles. The maximum atomic E-state index is 10.8. The van der Waals surface area contributed by atoms with Crippen LogP contribution in [0, 0.1) is 0 Å². The Morgan fingerprint density at radius 3 is 2.07 bits per heavy atom. The third kappa shape index (κ3) is 2.65. The quantitative estimate of drug-likeness (QED) is 0.613. The summed E-state index contributed by atoms with van der Waals surface area (Å²) < 4.78 is 0. The lowest BCUT2D eigenvalue weighted by Crippen LogP contribution is -2.26. The van der Waals surface area contributed by atoms with E-state index in [0.29, 0.717) is 5.75 Å². The van der Waals surface area contributed by atoms with Gasteiger partial charge in [-0.1, -0.05) is 78.9 Å². The topological polar surface area (TPSA) is 20.2 Å². The van der Waals surface area contributed by atoms with Gasteiger partial charge in [0, 0.05) is 11.0 Å². The van der Waals surface area contributed by atoms with Crippen molar-refractivity contribution < 1.29 is 5.11 Å². The van der Waals surface area contributed by atoms with Gasteiger partial charge in [0.15, 0.2) is 0 Å². The molecule has 0 aromatic heterocycles. The van der Waals surface area contributed by atoms with Crippen LogP contribution in [0.3, 0.4) is 0 Å². The highest BCUT2D eigenvalue weighted by molar-refractivity contribution is 7.76. The lowest BCUT2D eigenvalue weighted by molar-refractivity contribution is 0.438. The van der Waals surface area contributed by atoms with Gasteiger partial charge >= 0.3 is 0 Å². The summed E-state index contributed by atoms with van der Waals surface area (Å²) in [6.07, 6.45) is 6.87. The molecule has 0 fully saturated rings. The van der Waals surface area contributed by atoms with Crippen molar-refractivity contribution in [2.75, 3.05) is 0 Å². The largest absolute Gasteiger partial charge is 0.508 e. The first-order valence-electron chi connectivity index (χ1n) is 9.72. The van der Waals surface area contributed by atoms with Crippen LogP contribution in [0.4, 0.5) is 0 Å². The molecule has 0 aliphatic heterocycles. The van der Waals surface area contributed by atoms with Crippen LogP contribution in [-0.4, -0.2) is 5.11 Å². The fourth-order valence-electron chi connectivity index (χ4n) is 4.99. The lowest BCUT2D eigenvalue weighted by Gasteiger charge is -2.35. The van der Waals surface area contributed by atoms with E-state index in [1.54, 1.807) is 0 Å². The van der Waals surface area contributed by atoms with Gasteiger partial charge in [-0.2, -0.15) is 0 Å². The average molecular weight is 370 g/mol. The van der Waals surface area contributed by atoms with Crippen LogP contribution in [0.25, 0.3) is 0 Å². The van der Waals surface area contributed by atoms with E-state index in [4.69, 9.17) is 0 Å². The van der Waals surface area contributed by atoms with Crippen molar-refractivity contribution in [3.63, 3.8) is 0 Å². The number of benzene rings is 3. The first-order chi connectivity index (χ1) is 13.3. The Balaban J connectivity index is 1.70. The Kier molecular flexibility index (Phi) is 4.14. The molecule has 1 nitrogen and oxygen atoms in total. The molecular formula is C25H23OP. The van der Waals surface area contributed by atoms with Gasteiger partial charge in [0.1, 0.15) is 5.75 Å². The number of aryl methyl sites for hydroxylation is 1. The van der Waals surface area contributed by atoms with E-state index in [1.807, 2.05) is 12.1 Å². The van der Waals surface area contributed by atoms with Gasteiger partial charge in [0.2, 0.25) is 0 Å². The van der Waals surface area contributed by atoms with Crippen molar-refractivity contribution in [3.05, 3.63) is 101 Å². The molecule has 0 radical (unpaired) electrons. The number of fused-ring (bicyclic) bond motifs is 2. The number of phenols is 1. The van der Waals surface area contributed by atoms with Gasteiger partial charge in [-0.25, -0.2) is 0 Å². The van der Waals surface area contributed by atoms with Crippen molar-refractivity contribution in [2.45, 2.75) is 31.1 Å². The van der Waals surface area contributed by atoms with Gasteiger partial charge in [-0.3, -0.25) is 0 Å². The fraction of sp³-hybridized carbons (Fsp3) is 0.200. The van der Waals surface area contributed by atoms with Crippen LogP contribution in [0.2, 0.25) is 0 Å². The highest BCUT2D eigenvalue weighted by atomic mass is 31.1. The third-order valence-electron chi connectivity index (χ3n) is 6.10. The van der Waals surface area contributed by atoms with E-state index in [2.05, 4.69) is 72.8 Å². The van der Waals surface area contributed by atoms with Gasteiger partial charge in [0.25, 0.3) is 0 Å². The summed E-state index contributed by atoms with van der Waals surface area (Å²) in [5, 5.41) is 15.1. The van der Waals surface area contributed by atoms with Crippen molar-refractivity contribution >= 4 is 18.5 Å². The van der Waals surface area contributed by atoms with Crippen LogP contribution >= 0.6 is 7.92 Å². The molecule has 1 spiro atoms. The summed E-state index contributed by atoms with van der Waals surface area (Å²) >= 11 is 0. The molecule has 1 N–H and O–H groups in total. The van der Waals surface area contributed by atoms with E-state index in [-0.39, 0.29) is 5.41 Å². The van der Waals surface area contributed by atoms with Crippen molar-refractivity contribution in [2.24, 2.45) is 0 Å². The Morgan fingerprint density at radius 1 is 0.741 bits per heavy atom. The molecular weight excluding hydrogens is 347 g/mol. The Labute approximate surface area is 162 Å². The Bertz CT molecular complexity index is 954. The molecule has 134 valence electrons. The minimum Gasteiger partial charge on any atom is -0.508 e. The molecule has 1 atom stereocenters. The van der Waals surface area contributed by atoms with Crippen LogP contribution in [0.1, 0.15) is 30.4 Å². The predicted octanol–water partition coefficient (Wildman–Crippen LogP) is 5.39. The summed E-state index contributed by atoms with van der Waals surface area (Å²) in [4.78, 5) is 0. The zero-order valence-electron chi connectivity index (χ0n) is 15.3. The fourth-order valence-corrected chi connectivity index (χ4v) is 7.86. The molecule has 27 heavy (non-hydrogen) atoms. The number of rotatable bonds is 3. The zero-order valence-corrected chi connectivity index (χ0v) is 16.2. The number of allylic oxidation sites excluding steroid dienone is 2. The summed E-state index contributed by atoms with van der Waals surface area (Å²) in [6, 6.07) is 27.9. The molecule has 0 amide bonds. The molecule has 0 unspecified atom stereocenters. The third-order valence-corrected chi connectivity index (χ3v) is 8.82. The van der Waals surface area contributed by atoms with Crippen molar-refractivity contribution in [1.82, 2.24) is 0 Å². The van der Waals surface area contributed by atoms with Crippen LogP contribution in [0.5, 0.6) is 5.75 Å². The van der Waals surface area contributed by atoms with Crippen LogP contribution in [-0.2, 0) is 11.8 Å². The zero-order chi connectivity index (χ0) is 18.3. The second-order valence-corrected chi connectivity index (χ2v) is 9.71. The summed E-state index contributed by atoms with van der Waals surface area (Å²) in [6.45, 7) is 0. The first kappa shape index (κ1) is 16.8. The van der Waals surface area contributed by atoms with E-state index in [9.17, 15) is 5.11 Å². The van der Waals surface area contributed by atoms with E-state index >= 15 is 0 Å². The molecule has 0 heterocycles. The number of phenolic OH excluding ortho intramolecular Hbond substituents is 1. The minimum atomic E-state index is -0.598. The maximum absolute atomic E-state index is 10.8. The van der Waals surface area contributed by atoms with Crippen molar-refractivity contribution in [3.8, 4) is 5.75 Å². The number of hydrogen-bond donors (Lipinski definition) is 1. The van der Waals surface area contributed by atoms with Gasteiger partial charge in [-0.15, -0.1) is 0 Å². The molecule has 0 saturated heterocycles. The minimum absolute atomic E-state index is 0.00192. The predicted molar refractivity (Wildman–Crippen MR) is 114 cm³/mol. The van der Waals surface area contributed by atoms with Gasteiger partial charge in [-0.05, 0) is 61.2 Å². The average Bonchev–Trinajstić information content (AvgIpc) is 3.30.